The van der Waals surface area contributed by atoms with Gasteiger partial charge in [0.1, 0.15) is 17.1 Å². The van der Waals surface area contributed by atoms with Crippen molar-refractivity contribution in [1.29, 1.82) is 0 Å². The topological polar surface area (TPSA) is 94.8 Å². The number of benzene rings is 2. The largest absolute Gasteiger partial charge is 0.508 e. The molecule has 1 fully saturated rings. The van der Waals surface area contributed by atoms with Gasteiger partial charge in [0.2, 0.25) is 5.91 Å². The molecule has 1 aliphatic heterocycles. The van der Waals surface area contributed by atoms with Gasteiger partial charge in [-0.15, -0.1) is 0 Å². The van der Waals surface area contributed by atoms with Crippen LogP contribution in [-0.4, -0.2) is 48.0 Å². The number of piperidine rings is 1. The average molecular weight is 436 g/mol. The average Bonchev–Trinajstić information content (AvgIpc) is 3.20. The number of phenolic OH excluding ortho intramolecular Hbond substituents is 1. The molecule has 7 heteroatoms. The highest BCUT2D eigenvalue weighted by molar-refractivity contribution is 6.12. The summed E-state index contributed by atoms with van der Waals surface area (Å²) >= 11 is 0. The van der Waals surface area contributed by atoms with Crippen molar-refractivity contribution >= 4 is 22.8 Å². The molecular formula is C25H29N3O4. The molecule has 3 aromatic rings. The number of hydrogen-bond donors (Lipinski definition) is 3. The smallest absolute Gasteiger partial charge is 0.255 e. The first kappa shape index (κ1) is 21.9. The van der Waals surface area contributed by atoms with Crippen LogP contribution in [-0.2, 0) is 11.3 Å². The van der Waals surface area contributed by atoms with Gasteiger partial charge in [0.15, 0.2) is 0 Å². The van der Waals surface area contributed by atoms with Gasteiger partial charge >= 0.3 is 0 Å². The molecule has 0 saturated carbocycles. The van der Waals surface area contributed by atoms with Gasteiger partial charge in [-0.3, -0.25) is 14.5 Å². The fourth-order valence-corrected chi connectivity index (χ4v) is 4.26. The Morgan fingerprint density at radius 3 is 2.44 bits per heavy atom. The molecule has 1 aromatic heterocycles. The highest BCUT2D eigenvalue weighted by Crippen LogP contribution is 2.39. The Morgan fingerprint density at radius 1 is 1.00 bits per heavy atom. The fraction of sp³-hybridized carbons (Fsp3) is 0.360. The second-order valence-electron chi connectivity index (χ2n) is 8.18. The van der Waals surface area contributed by atoms with E-state index >= 15 is 0 Å². The fourth-order valence-electron chi connectivity index (χ4n) is 4.26. The minimum Gasteiger partial charge on any atom is -0.508 e. The molecule has 2 aromatic carbocycles. The third-order valence-electron chi connectivity index (χ3n) is 5.82. The van der Waals surface area contributed by atoms with Crippen molar-refractivity contribution in [2.45, 2.75) is 32.7 Å². The van der Waals surface area contributed by atoms with Crippen molar-refractivity contribution < 1.29 is 19.1 Å². The van der Waals surface area contributed by atoms with Gasteiger partial charge in [0, 0.05) is 43.1 Å². The monoisotopic (exact) mass is 435 g/mol. The first-order valence-corrected chi connectivity index (χ1v) is 11.1. The van der Waals surface area contributed by atoms with Gasteiger partial charge < -0.3 is 20.2 Å². The lowest BCUT2D eigenvalue weighted by Crippen LogP contribution is -2.34. The van der Waals surface area contributed by atoms with E-state index in [1.54, 1.807) is 12.1 Å². The quantitative estimate of drug-likeness (QED) is 0.493. The van der Waals surface area contributed by atoms with Gasteiger partial charge in [-0.1, -0.05) is 36.8 Å². The molecule has 0 spiro atoms. The molecule has 2 heterocycles. The number of carbonyl (C=O) groups excluding carboxylic acids is 2. The second kappa shape index (κ2) is 9.87. The first-order valence-electron chi connectivity index (χ1n) is 11.1. The van der Waals surface area contributed by atoms with E-state index in [1.807, 2.05) is 30.3 Å². The standard InChI is InChI=1S/C25H29N3O4/c1-17(29)26-12-13-27-25(31)23-22-19(16-28-14-6-3-7-15-28)20(30)10-11-21(22)32-24(23)18-8-4-2-5-9-18/h2,4-5,8-11,30H,3,6-7,12-16H2,1H3,(H,26,29)(H,27,31). The van der Waals surface area contributed by atoms with Crippen LogP contribution in [0.5, 0.6) is 5.75 Å². The van der Waals surface area contributed by atoms with Gasteiger partial charge in [-0.2, -0.15) is 0 Å². The molecule has 2 amide bonds. The Labute approximate surface area is 187 Å². The molecular weight excluding hydrogens is 406 g/mol. The van der Waals surface area contributed by atoms with Gasteiger partial charge in [0.05, 0.1) is 5.56 Å². The molecule has 168 valence electrons. The lowest BCUT2D eigenvalue weighted by atomic mass is 9.99. The molecule has 32 heavy (non-hydrogen) atoms. The summed E-state index contributed by atoms with van der Waals surface area (Å²) in [6, 6.07) is 12.8. The predicted octanol–water partition coefficient (Wildman–Crippen LogP) is 3.66. The number of aromatic hydroxyl groups is 1. The van der Waals surface area contributed by atoms with Crippen LogP contribution in [0.1, 0.15) is 42.1 Å². The number of nitrogens with one attached hydrogen (secondary N) is 2. The van der Waals surface area contributed by atoms with Crippen molar-refractivity contribution in [2.75, 3.05) is 26.2 Å². The van der Waals surface area contributed by atoms with Gasteiger partial charge in [-0.25, -0.2) is 0 Å². The summed E-state index contributed by atoms with van der Waals surface area (Å²) in [5, 5.41) is 17.0. The SMILES string of the molecule is CC(=O)NCCNC(=O)c1c(-c2ccccc2)oc2ccc(O)c(CN3CCCCC3)c12. The number of phenols is 1. The van der Waals surface area contributed by atoms with Crippen molar-refractivity contribution in [2.24, 2.45) is 0 Å². The van der Waals surface area contributed by atoms with Crippen LogP contribution in [0.4, 0.5) is 0 Å². The Morgan fingerprint density at radius 2 is 1.72 bits per heavy atom. The zero-order valence-corrected chi connectivity index (χ0v) is 18.3. The van der Waals surface area contributed by atoms with Gasteiger partial charge in [0.25, 0.3) is 5.91 Å². The van der Waals surface area contributed by atoms with Crippen molar-refractivity contribution in [3.63, 3.8) is 0 Å². The van der Waals surface area contributed by atoms with E-state index in [1.165, 1.54) is 13.3 Å². The zero-order valence-electron chi connectivity index (χ0n) is 18.3. The number of carbonyl (C=O) groups is 2. The molecule has 1 saturated heterocycles. The molecule has 1 aliphatic rings. The van der Waals surface area contributed by atoms with Crippen molar-refractivity contribution in [3.8, 4) is 17.1 Å². The molecule has 0 unspecified atom stereocenters. The molecule has 7 nitrogen and oxygen atoms in total. The Balaban J connectivity index is 1.77. The first-order chi connectivity index (χ1) is 15.5. The summed E-state index contributed by atoms with van der Waals surface area (Å²) in [6.07, 6.45) is 3.49. The molecule has 4 rings (SSSR count). The molecule has 0 atom stereocenters. The van der Waals surface area contributed by atoms with E-state index in [-0.39, 0.29) is 17.6 Å². The van der Waals surface area contributed by atoms with Crippen molar-refractivity contribution in [1.82, 2.24) is 15.5 Å². The van der Waals surface area contributed by atoms with Gasteiger partial charge in [-0.05, 0) is 38.1 Å². The lowest BCUT2D eigenvalue weighted by Gasteiger charge is -2.27. The van der Waals surface area contributed by atoms with E-state index < -0.39 is 0 Å². The number of amides is 2. The van der Waals surface area contributed by atoms with E-state index in [0.29, 0.717) is 47.5 Å². The normalized spacial score (nSPS) is 14.4. The van der Waals surface area contributed by atoms with Crippen LogP contribution < -0.4 is 10.6 Å². The van der Waals surface area contributed by atoms with Crippen LogP contribution in [0.2, 0.25) is 0 Å². The number of rotatable bonds is 7. The van der Waals surface area contributed by atoms with E-state index in [0.717, 1.165) is 31.5 Å². The van der Waals surface area contributed by atoms with E-state index in [4.69, 9.17) is 4.42 Å². The summed E-state index contributed by atoms with van der Waals surface area (Å²) in [5.74, 6) is 0.198. The number of fused-ring (bicyclic) bond motifs is 1. The summed E-state index contributed by atoms with van der Waals surface area (Å²) in [7, 11) is 0. The molecule has 0 radical (unpaired) electrons. The Hall–Kier alpha value is -3.32. The predicted molar refractivity (Wildman–Crippen MR) is 123 cm³/mol. The van der Waals surface area contributed by atoms with E-state index in [9.17, 15) is 14.7 Å². The maximum absolute atomic E-state index is 13.3. The Bertz CT molecular complexity index is 1100. The summed E-state index contributed by atoms with van der Waals surface area (Å²) in [4.78, 5) is 26.8. The highest BCUT2D eigenvalue weighted by Gasteiger charge is 2.26. The third kappa shape index (κ3) is 4.78. The third-order valence-corrected chi connectivity index (χ3v) is 5.82. The van der Waals surface area contributed by atoms with Crippen LogP contribution in [0.15, 0.2) is 46.9 Å². The van der Waals surface area contributed by atoms with Crippen LogP contribution >= 0.6 is 0 Å². The number of furan rings is 1. The maximum Gasteiger partial charge on any atom is 0.255 e. The molecule has 0 bridgehead atoms. The van der Waals surface area contributed by atoms with Crippen LogP contribution in [0.3, 0.4) is 0 Å². The molecule has 3 N–H and O–H groups in total. The minimum atomic E-state index is -0.293. The van der Waals surface area contributed by atoms with Crippen LogP contribution in [0, 0.1) is 0 Å². The number of likely N-dealkylation sites (tertiary alicyclic amines) is 1. The van der Waals surface area contributed by atoms with E-state index in [2.05, 4.69) is 15.5 Å². The maximum atomic E-state index is 13.3. The van der Waals surface area contributed by atoms with Crippen molar-refractivity contribution in [3.05, 3.63) is 53.6 Å². The zero-order chi connectivity index (χ0) is 22.5. The van der Waals surface area contributed by atoms with Crippen LogP contribution in [0.25, 0.3) is 22.3 Å². The lowest BCUT2D eigenvalue weighted by molar-refractivity contribution is -0.118. The second-order valence-corrected chi connectivity index (χ2v) is 8.18. The minimum absolute atomic E-state index is 0.147. The number of nitrogens with zero attached hydrogens (tertiary/aromatic N) is 1. The summed E-state index contributed by atoms with van der Waals surface area (Å²) in [5.41, 5.74) is 2.49. The number of hydrogen-bond acceptors (Lipinski definition) is 5. The summed E-state index contributed by atoms with van der Waals surface area (Å²) < 4.78 is 6.18. The molecule has 0 aliphatic carbocycles. The Kier molecular flexibility index (Phi) is 6.75. The summed E-state index contributed by atoms with van der Waals surface area (Å²) in [6.45, 7) is 4.57. The highest BCUT2D eigenvalue weighted by atomic mass is 16.3.